The second kappa shape index (κ2) is 3.97. The zero-order valence-electron chi connectivity index (χ0n) is 9.83. The molecule has 86 valence electrons. The molecule has 16 heavy (non-hydrogen) atoms. The van der Waals surface area contributed by atoms with Gasteiger partial charge < -0.3 is 0 Å². The molecule has 0 saturated heterocycles. The fraction of sp³-hybridized carbons (Fsp3) is 0.615. The summed E-state index contributed by atoms with van der Waals surface area (Å²) in [4.78, 5) is 8.75. The second-order valence-corrected chi connectivity index (χ2v) is 6.18. The maximum Gasteiger partial charge on any atom is 0.118 e. The number of thiazole rings is 1. The van der Waals surface area contributed by atoms with Gasteiger partial charge in [-0.1, -0.05) is 6.58 Å². The van der Waals surface area contributed by atoms with Crippen LogP contribution in [0.3, 0.4) is 0 Å². The third-order valence-corrected chi connectivity index (χ3v) is 4.63. The summed E-state index contributed by atoms with van der Waals surface area (Å²) in [7, 11) is 0. The number of fused-ring (bicyclic) bond motifs is 1. The van der Waals surface area contributed by atoms with Crippen molar-refractivity contribution in [3.8, 4) is 0 Å². The van der Waals surface area contributed by atoms with Gasteiger partial charge in [0.1, 0.15) is 5.01 Å². The highest BCUT2D eigenvalue weighted by Crippen LogP contribution is 2.33. The van der Waals surface area contributed by atoms with Crippen molar-refractivity contribution in [2.24, 2.45) is 5.92 Å². The van der Waals surface area contributed by atoms with Crippen LogP contribution in [0.4, 0.5) is 0 Å². The van der Waals surface area contributed by atoms with Crippen molar-refractivity contribution in [3.05, 3.63) is 22.2 Å². The molecule has 2 nitrogen and oxygen atoms in total. The molecule has 0 amide bonds. The Morgan fingerprint density at radius 1 is 1.56 bits per heavy atom. The quantitative estimate of drug-likeness (QED) is 0.799. The average Bonchev–Trinajstić information content (AvgIpc) is 2.95. The van der Waals surface area contributed by atoms with Crippen molar-refractivity contribution >= 4 is 16.9 Å². The van der Waals surface area contributed by atoms with E-state index in [1.165, 1.54) is 36.5 Å². The first-order chi connectivity index (χ1) is 7.72. The highest BCUT2D eigenvalue weighted by molar-refractivity contribution is 7.12. The van der Waals surface area contributed by atoms with Gasteiger partial charge in [0.25, 0.3) is 0 Å². The smallest absolute Gasteiger partial charge is 0.118 e. The number of allylic oxidation sites excluding steroid dienone is 1. The lowest BCUT2D eigenvalue weighted by Crippen LogP contribution is -2.31. The Morgan fingerprint density at radius 3 is 3.06 bits per heavy atom. The molecule has 2 heterocycles. The summed E-state index contributed by atoms with van der Waals surface area (Å²) in [6.07, 6.45) is 4.03. The summed E-state index contributed by atoms with van der Waals surface area (Å²) < 4.78 is 0. The molecule has 0 radical (unpaired) electrons. The molecule has 1 saturated carbocycles. The second-order valence-electron chi connectivity index (χ2n) is 5.10. The highest BCUT2D eigenvalue weighted by atomic mass is 32.1. The SMILES string of the molecule is C=C(C)c1nc2c(s1)CN(CC1CC1)CC2. The Labute approximate surface area is 101 Å². The first-order valence-corrected chi connectivity index (χ1v) is 6.91. The van der Waals surface area contributed by atoms with Crippen molar-refractivity contribution in [2.45, 2.75) is 32.7 Å². The lowest BCUT2D eigenvalue weighted by atomic mass is 10.1. The van der Waals surface area contributed by atoms with Crippen LogP contribution in [0.1, 0.15) is 35.3 Å². The average molecular weight is 234 g/mol. The standard InChI is InChI=1S/C13H18N2S/c1-9(2)13-14-11-5-6-15(7-10-3-4-10)8-12(11)16-13/h10H,1,3-8H2,2H3. The molecule has 0 aromatic carbocycles. The van der Waals surface area contributed by atoms with E-state index in [0.29, 0.717) is 0 Å². The first-order valence-electron chi connectivity index (χ1n) is 6.09. The van der Waals surface area contributed by atoms with Gasteiger partial charge in [-0.05, 0) is 31.3 Å². The fourth-order valence-electron chi connectivity index (χ4n) is 2.25. The largest absolute Gasteiger partial charge is 0.298 e. The van der Waals surface area contributed by atoms with E-state index in [1.54, 1.807) is 0 Å². The third-order valence-electron chi connectivity index (χ3n) is 3.39. The fourth-order valence-corrected chi connectivity index (χ4v) is 3.33. The lowest BCUT2D eigenvalue weighted by Gasteiger charge is -2.25. The Hall–Kier alpha value is -0.670. The number of aromatic nitrogens is 1. The van der Waals surface area contributed by atoms with E-state index >= 15 is 0 Å². The van der Waals surface area contributed by atoms with E-state index < -0.39 is 0 Å². The molecule has 3 rings (SSSR count). The number of nitrogens with zero attached hydrogens (tertiary/aromatic N) is 2. The van der Waals surface area contributed by atoms with Gasteiger partial charge in [-0.15, -0.1) is 11.3 Å². The topological polar surface area (TPSA) is 16.1 Å². The lowest BCUT2D eigenvalue weighted by molar-refractivity contribution is 0.245. The van der Waals surface area contributed by atoms with Crippen molar-refractivity contribution in [2.75, 3.05) is 13.1 Å². The van der Waals surface area contributed by atoms with Crippen molar-refractivity contribution < 1.29 is 0 Å². The normalized spacial score (nSPS) is 20.8. The Kier molecular flexibility index (Phi) is 2.60. The zero-order valence-corrected chi connectivity index (χ0v) is 10.6. The van der Waals surface area contributed by atoms with Crippen molar-refractivity contribution in [1.29, 1.82) is 0 Å². The van der Waals surface area contributed by atoms with Crippen LogP contribution < -0.4 is 0 Å². The molecule has 1 aromatic rings. The molecule has 2 aliphatic rings. The molecule has 1 fully saturated rings. The van der Waals surface area contributed by atoms with Crippen LogP contribution in [0, 0.1) is 5.92 Å². The van der Waals surface area contributed by atoms with E-state index in [9.17, 15) is 0 Å². The zero-order chi connectivity index (χ0) is 11.1. The number of hydrogen-bond donors (Lipinski definition) is 0. The van der Waals surface area contributed by atoms with Crippen molar-refractivity contribution in [1.82, 2.24) is 9.88 Å². The van der Waals surface area contributed by atoms with Gasteiger partial charge in [0, 0.05) is 30.9 Å². The van der Waals surface area contributed by atoms with Crippen molar-refractivity contribution in [3.63, 3.8) is 0 Å². The summed E-state index contributed by atoms with van der Waals surface area (Å²) in [5, 5.41) is 1.14. The number of hydrogen-bond acceptors (Lipinski definition) is 3. The van der Waals surface area contributed by atoms with E-state index in [2.05, 4.69) is 16.5 Å². The van der Waals surface area contributed by atoms with Gasteiger partial charge >= 0.3 is 0 Å². The molecular formula is C13H18N2S. The molecule has 3 heteroatoms. The molecule has 1 aliphatic carbocycles. The molecule has 1 aliphatic heterocycles. The molecule has 0 unspecified atom stereocenters. The predicted octanol–water partition coefficient (Wildman–Crippen LogP) is 2.94. The van der Waals surface area contributed by atoms with E-state index in [-0.39, 0.29) is 0 Å². The van der Waals surface area contributed by atoms with E-state index in [1.807, 2.05) is 18.3 Å². The van der Waals surface area contributed by atoms with Crippen LogP contribution in [0.2, 0.25) is 0 Å². The summed E-state index contributed by atoms with van der Waals surface area (Å²) in [6.45, 7) is 9.65. The van der Waals surface area contributed by atoms with Gasteiger partial charge in [0.05, 0.1) is 5.69 Å². The predicted molar refractivity (Wildman–Crippen MR) is 68.5 cm³/mol. The van der Waals surface area contributed by atoms with E-state index in [4.69, 9.17) is 0 Å². The molecule has 0 spiro atoms. The Morgan fingerprint density at radius 2 is 2.38 bits per heavy atom. The summed E-state index contributed by atoms with van der Waals surface area (Å²) >= 11 is 1.84. The monoisotopic (exact) mass is 234 g/mol. The summed E-state index contributed by atoms with van der Waals surface area (Å²) in [5.41, 5.74) is 2.43. The van der Waals surface area contributed by atoms with Crippen LogP contribution in [-0.2, 0) is 13.0 Å². The van der Waals surface area contributed by atoms with Crippen LogP contribution in [-0.4, -0.2) is 23.0 Å². The molecule has 0 bridgehead atoms. The maximum atomic E-state index is 4.67. The molecule has 0 atom stereocenters. The molecule has 1 aromatic heterocycles. The summed E-state index contributed by atoms with van der Waals surface area (Å²) in [5.74, 6) is 0.995. The maximum absolute atomic E-state index is 4.67. The molecular weight excluding hydrogens is 216 g/mol. The van der Waals surface area contributed by atoms with Crippen LogP contribution >= 0.6 is 11.3 Å². The van der Waals surface area contributed by atoms with E-state index in [0.717, 1.165) is 29.5 Å². The molecule has 0 N–H and O–H groups in total. The minimum Gasteiger partial charge on any atom is -0.298 e. The van der Waals surface area contributed by atoms with Crippen LogP contribution in [0.5, 0.6) is 0 Å². The first kappa shape index (κ1) is 10.5. The highest BCUT2D eigenvalue weighted by Gasteiger charge is 2.27. The minimum atomic E-state index is 0.995. The van der Waals surface area contributed by atoms with Crippen LogP contribution in [0.25, 0.3) is 5.57 Å². The third kappa shape index (κ3) is 2.06. The summed E-state index contributed by atoms with van der Waals surface area (Å²) in [6, 6.07) is 0. The Bertz CT molecular complexity index is 418. The Balaban J connectivity index is 1.74. The van der Waals surface area contributed by atoms with Crippen LogP contribution in [0.15, 0.2) is 6.58 Å². The van der Waals surface area contributed by atoms with Gasteiger partial charge in [-0.3, -0.25) is 4.90 Å². The van der Waals surface area contributed by atoms with Gasteiger partial charge in [0.2, 0.25) is 0 Å². The van der Waals surface area contributed by atoms with Gasteiger partial charge in [-0.2, -0.15) is 0 Å². The van der Waals surface area contributed by atoms with Gasteiger partial charge in [0.15, 0.2) is 0 Å². The minimum absolute atomic E-state index is 0.995. The number of rotatable bonds is 3. The van der Waals surface area contributed by atoms with Gasteiger partial charge in [-0.25, -0.2) is 4.98 Å².